The van der Waals surface area contributed by atoms with E-state index in [-0.39, 0.29) is 11.1 Å². The van der Waals surface area contributed by atoms with E-state index in [2.05, 4.69) is 4.98 Å². The Morgan fingerprint density at radius 2 is 1.70 bits per heavy atom. The molecular formula is C18H13F2NO2. The van der Waals surface area contributed by atoms with Crippen molar-refractivity contribution in [2.24, 2.45) is 0 Å². The lowest BCUT2D eigenvalue weighted by atomic mass is 9.93. The Hall–Kier alpha value is -2.82. The normalized spacial score (nSPS) is 11.0. The van der Waals surface area contributed by atoms with Gasteiger partial charge in [-0.1, -0.05) is 6.07 Å². The van der Waals surface area contributed by atoms with Crippen LogP contribution in [0.1, 0.15) is 21.6 Å². The third-order valence-corrected chi connectivity index (χ3v) is 3.93. The number of aromatic nitrogens is 1. The van der Waals surface area contributed by atoms with Gasteiger partial charge < -0.3 is 5.11 Å². The van der Waals surface area contributed by atoms with Gasteiger partial charge in [0.2, 0.25) is 0 Å². The van der Waals surface area contributed by atoms with Crippen molar-refractivity contribution in [1.29, 1.82) is 0 Å². The molecule has 3 aromatic rings. The number of nitrogens with zero attached hydrogens (tertiary/aromatic N) is 1. The quantitative estimate of drug-likeness (QED) is 0.758. The summed E-state index contributed by atoms with van der Waals surface area (Å²) in [6.07, 6.45) is 0. The SMILES string of the molecule is Cc1nc2ccc(C(=O)O)cc2c(-c2c(F)cccc2F)c1C. The Bertz CT molecular complexity index is 931. The maximum Gasteiger partial charge on any atom is 0.335 e. The minimum absolute atomic E-state index is 0.0422. The van der Waals surface area contributed by atoms with E-state index in [0.29, 0.717) is 27.7 Å². The molecule has 0 aliphatic carbocycles. The second-order valence-corrected chi connectivity index (χ2v) is 5.33. The Morgan fingerprint density at radius 1 is 1.04 bits per heavy atom. The van der Waals surface area contributed by atoms with Crippen LogP contribution in [0, 0.1) is 25.5 Å². The minimum Gasteiger partial charge on any atom is -0.478 e. The fourth-order valence-electron chi connectivity index (χ4n) is 2.67. The van der Waals surface area contributed by atoms with Crippen LogP contribution in [0.25, 0.3) is 22.0 Å². The Balaban J connectivity index is 2.49. The first-order valence-corrected chi connectivity index (χ1v) is 6.98. The van der Waals surface area contributed by atoms with Gasteiger partial charge in [0.1, 0.15) is 11.6 Å². The maximum atomic E-state index is 14.3. The summed E-state index contributed by atoms with van der Waals surface area (Å²) < 4.78 is 28.5. The molecule has 0 radical (unpaired) electrons. The first-order valence-electron chi connectivity index (χ1n) is 6.98. The topological polar surface area (TPSA) is 50.2 Å². The fourth-order valence-corrected chi connectivity index (χ4v) is 2.67. The van der Waals surface area contributed by atoms with Gasteiger partial charge in [-0.15, -0.1) is 0 Å². The predicted octanol–water partition coefficient (Wildman–Crippen LogP) is 4.50. The molecular weight excluding hydrogens is 300 g/mol. The van der Waals surface area contributed by atoms with Gasteiger partial charge in [0.25, 0.3) is 0 Å². The molecule has 0 amide bonds. The lowest BCUT2D eigenvalue weighted by Crippen LogP contribution is -2.01. The standard InChI is InChI=1S/C18H13F2NO2/c1-9-10(2)21-15-7-6-11(18(22)23)8-12(15)16(9)17-13(19)4-3-5-14(17)20/h3-8H,1-2H3,(H,22,23). The predicted molar refractivity (Wildman–Crippen MR) is 83.5 cm³/mol. The minimum atomic E-state index is -1.11. The van der Waals surface area contributed by atoms with Crippen LogP contribution in [0.3, 0.4) is 0 Å². The number of hydrogen-bond donors (Lipinski definition) is 1. The Labute approximate surface area is 131 Å². The molecule has 116 valence electrons. The zero-order chi connectivity index (χ0) is 16.7. The molecule has 0 atom stereocenters. The van der Waals surface area contributed by atoms with Crippen molar-refractivity contribution in [1.82, 2.24) is 4.98 Å². The van der Waals surface area contributed by atoms with Crippen molar-refractivity contribution >= 4 is 16.9 Å². The first-order chi connectivity index (χ1) is 10.9. The van der Waals surface area contributed by atoms with Crippen LogP contribution in [0.5, 0.6) is 0 Å². The number of aryl methyl sites for hydroxylation is 1. The number of halogens is 2. The van der Waals surface area contributed by atoms with Crippen LogP contribution in [0.4, 0.5) is 8.78 Å². The number of aromatic carboxylic acids is 1. The molecule has 0 fully saturated rings. The average molecular weight is 313 g/mol. The van der Waals surface area contributed by atoms with E-state index in [1.807, 2.05) is 0 Å². The smallest absolute Gasteiger partial charge is 0.335 e. The van der Waals surface area contributed by atoms with Crippen LogP contribution in [0.15, 0.2) is 36.4 Å². The largest absolute Gasteiger partial charge is 0.478 e. The highest BCUT2D eigenvalue weighted by atomic mass is 19.1. The third kappa shape index (κ3) is 2.44. The lowest BCUT2D eigenvalue weighted by Gasteiger charge is -2.14. The number of hydrogen-bond acceptors (Lipinski definition) is 2. The molecule has 0 unspecified atom stereocenters. The van der Waals surface area contributed by atoms with E-state index < -0.39 is 17.6 Å². The van der Waals surface area contributed by atoms with Crippen LogP contribution in [-0.2, 0) is 0 Å². The van der Waals surface area contributed by atoms with Crippen LogP contribution in [0.2, 0.25) is 0 Å². The monoisotopic (exact) mass is 313 g/mol. The molecule has 5 heteroatoms. The summed E-state index contributed by atoms with van der Waals surface area (Å²) in [5, 5.41) is 9.58. The van der Waals surface area contributed by atoms with Gasteiger partial charge >= 0.3 is 5.97 Å². The van der Waals surface area contributed by atoms with Gasteiger partial charge in [-0.05, 0) is 49.7 Å². The van der Waals surface area contributed by atoms with Gasteiger partial charge in [0.15, 0.2) is 0 Å². The van der Waals surface area contributed by atoms with E-state index in [9.17, 15) is 18.7 Å². The number of pyridine rings is 1. The summed E-state index contributed by atoms with van der Waals surface area (Å²) in [6, 6.07) is 8.03. The maximum absolute atomic E-state index is 14.3. The summed E-state index contributed by atoms with van der Waals surface area (Å²) in [6.45, 7) is 3.47. The molecule has 0 aliphatic rings. The molecule has 0 spiro atoms. The number of carboxylic acids is 1. The molecule has 1 heterocycles. The molecule has 0 saturated heterocycles. The molecule has 0 bridgehead atoms. The molecule has 3 rings (SSSR count). The van der Waals surface area contributed by atoms with Crippen LogP contribution < -0.4 is 0 Å². The second-order valence-electron chi connectivity index (χ2n) is 5.33. The highest BCUT2D eigenvalue weighted by Gasteiger charge is 2.19. The highest BCUT2D eigenvalue weighted by molar-refractivity contribution is 6.01. The number of carboxylic acid groups (broad SMARTS) is 1. The second kappa shape index (κ2) is 5.43. The van der Waals surface area contributed by atoms with E-state index >= 15 is 0 Å². The van der Waals surface area contributed by atoms with E-state index in [4.69, 9.17) is 0 Å². The first kappa shape index (κ1) is 15.1. The summed E-state index contributed by atoms with van der Waals surface area (Å²) in [4.78, 5) is 15.6. The van der Waals surface area contributed by atoms with Gasteiger partial charge in [-0.2, -0.15) is 0 Å². The van der Waals surface area contributed by atoms with E-state index in [0.717, 1.165) is 0 Å². The number of rotatable bonds is 2. The van der Waals surface area contributed by atoms with E-state index in [1.165, 1.54) is 30.3 Å². The zero-order valence-corrected chi connectivity index (χ0v) is 12.5. The van der Waals surface area contributed by atoms with Crippen LogP contribution >= 0.6 is 0 Å². The molecule has 0 saturated carbocycles. The summed E-state index contributed by atoms with van der Waals surface area (Å²) in [5.74, 6) is -2.49. The third-order valence-electron chi connectivity index (χ3n) is 3.93. The van der Waals surface area contributed by atoms with Crippen LogP contribution in [-0.4, -0.2) is 16.1 Å². The number of fused-ring (bicyclic) bond motifs is 1. The summed E-state index contributed by atoms with van der Waals surface area (Å²) >= 11 is 0. The number of carbonyl (C=O) groups is 1. The van der Waals surface area contributed by atoms with Crippen molar-refractivity contribution in [3.8, 4) is 11.1 Å². The molecule has 3 nitrogen and oxygen atoms in total. The summed E-state index contributed by atoms with van der Waals surface area (Å²) in [5.41, 5.74) is 1.97. The van der Waals surface area contributed by atoms with Crippen molar-refractivity contribution in [3.63, 3.8) is 0 Å². The van der Waals surface area contributed by atoms with Gasteiger partial charge in [-0.3, -0.25) is 4.98 Å². The Morgan fingerprint density at radius 3 is 2.30 bits per heavy atom. The zero-order valence-electron chi connectivity index (χ0n) is 12.5. The van der Waals surface area contributed by atoms with E-state index in [1.54, 1.807) is 19.9 Å². The molecule has 1 N–H and O–H groups in total. The van der Waals surface area contributed by atoms with Crippen molar-refractivity contribution in [3.05, 3.63) is 64.9 Å². The van der Waals surface area contributed by atoms with Gasteiger partial charge in [0.05, 0.1) is 16.6 Å². The molecule has 0 aliphatic heterocycles. The fraction of sp³-hybridized carbons (Fsp3) is 0.111. The lowest BCUT2D eigenvalue weighted by molar-refractivity contribution is 0.0697. The Kier molecular flexibility index (Phi) is 3.56. The van der Waals surface area contributed by atoms with Crippen molar-refractivity contribution in [2.45, 2.75) is 13.8 Å². The molecule has 1 aromatic heterocycles. The molecule has 23 heavy (non-hydrogen) atoms. The van der Waals surface area contributed by atoms with Gasteiger partial charge in [0, 0.05) is 16.6 Å². The molecule has 2 aromatic carbocycles. The average Bonchev–Trinajstić information content (AvgIpc) is 2.50. The van der Waals surface area contributed by atoms with Gasteiger partial charge in [-0.25, -0.2) is 13.6 Å². The number of benzene rings is 2. The van der Waals surface area contributed by atoms with Crippen molar-refractivity contribution < 1.29 is 18.7 Å². The highest BCUT2D eigenvalue weighted by Crippen LogP contribution is 2.36. The summed E-state index contributed by atoms with van der Waals surface area (Å²) in [7, 11) is 0. The van der Waals surface area contributed by atoms with Crippen molar-refractivity contribution in [2.75, 3.05) is 0 Å².